The predicted molar refractivity (Wildman–Crippen MR) is 97.7 cm³/mol. The molecule has 0 aliphatic carbocycles. The van der Waals surface area contributed by atoms with Gasteiger partial charge >= 0.3 is 0 Å². The van der Waals surface area contributed by atoms with Gasteiger partial charge in [0.25, 0.3) is 0 Å². The second kappa shape index (κ2) is 6.55. The van der Waals surface area contributed by atoms with Crippen molar-refractivity contribution in [2.45, 2.75) is 19.8 Å². The van der Waals surface area contributed by atoms with Crippen LogP contribution >= 0.6 is 0 Å². The number of nitrogens with one attached hydrogen (secondary N) is 1. The van der Waals surface area contributed by atoms with Crippen molar-refractivity contribution in [3.05, 3.63) is 54.2 Å². The van der Waals surface area contributed by atoms with Gasteiger partial charge < -0.3 is 10.2 Å². The lowest BCUT2D eigenvalue weighted by molar-refractivity contribution is -0.120. The zero-order chi connectivity index (χ0) is 17.2. The van der Waals surface area contributed by atoms with Crippen molar-refractivity contribution in [3.8, 4) is 0 Å². The molecule has 0 radical (unpaired) electrons. The highest BCUT2D eigenvalue weighted by atomic mass is 16.1. The summed E-state index contributed by atoms with van der Waals surface area (Å²) < 4.78 is 1.99. The number of piperidine rings is 1. The molecule has 1 aromatic carbocycles. The largest absolute Gasteiger partial charge is 0.341 e. The van der Waals surface area contributed by atoms with Crippen LogP contribution in [0.5, 0.6) is 0 Å². The van der Waals surface area contributed by atoms with Crippen molar-refractivity contribution >= 4 is 23.2 Å². The maximum absolute atomic E-state index is 12.5. The van der Waals surface area contributed by atoms with Crippen LogP contribution in [-0.4, -0.2) is 33.6 Å². The molecule has 0 bridgehead atoms. The van der Waals surface area contributed by atoms with Crippen LogP contribution in [0.4, 0.5) is 11.6 Å². The van der Waals surface area contributed by atoms with Crippen molar-refractivity contribution in [1.82, 2.24) is 14.6 Å². The van der Waals surface area contributed by atoms with Gasteiger partial charge in [0.15, 0.2) is 5.65 Å². The Balaban J connectivity index is 1.40. The van der Waals surface area contributed by atoms with Crippen LogP contribution in [0.1, 0.15) is 18.4 Å². The number of aryl methyl sites for hydroxylation is 1. The van der Waals surface area contributed by atoms with E-state index in [1.807, 2.05) is 60.0 Å². The Morgan fingerprint density at radius 1 is 1.12 bits per heavy atom. The summed E-state index contributed by atoms with van der Waals surface area (Å²) in [5, 5.41) is 11.5. The molecule has 4 rings (SSSR count). The third-order valence-electron chi connectivity index (χ3n) is 4.73. The molecule has 0 saturated carbocycles. The minimum Gasteiger partial charge on any atom is -0.341 e. The lowest BCUT2D eigenvalue weighted by Crippen LogP contribution is -2.39. The molecule has 0 atom stereocenters. The Bertz CT molecular complexity index is 895. The Labute approximate surface area is 146 Å². The first-order chi connectivity index (χ1) is 12.2. The van der Waals surface area contributed by atoms with E-state index in [4.69, 9.17) is 0 Å². The molecule has 1 aliphatic rings. The highest BCUT2D eigenvalue weighted by Crippen LogP contribution is 2.24. The third kappa shape index (κ3) is 3.20. The molecule has 1 aliphatic heterocycles. The van der Waals surface area contributed by atoms with E-state index in [0.29, 0.717) is 0 Å². The molecule has 0 unspecified atom stereocenters. The number of carbonyl (C=O) groups excluding carboxylic acids is 1. The summed E-state index contributed by atoms with van der Waals surface area (Å²) in [5.74, 6) is 1.00. The number of hydrogen-bond acceptors (Lipinski definition) is 4. The van der Waals surface area contributed by atoms with Crippen molar-refractivity contribution in [1.29, 1.82) is 0 Å². The molecule has 1 saturated heterocycles. The second-order valence-corrected chi connectivity index (χ2v) is 6.55. The number of hydrogen-bond donors (Lipinski definition) is 1. The van der Waals surface area contributed by atoms with Crippen LogP contribution in [0.25, 0.3) is 5.65 Å². The molecule has 6 nitrogen and oxygen atoms in total. The second-order valence-electron chi connectivity index (χ2n) is 6.55. The minimum absolute atomic E-state index is 0.0379. The van der Waals surface area contributed by atoms with Crippen LogP contribution in [0, 0.1) is 12.8 Å². The van der Waals surface area contributed by atoms with Crippen molar-refractivity contribution < 1.29 is 4.79 Å². The first-order valence-corrected chi connectivity index (χ1v) is 8.63. The standard InChI is InChI=1S/C19H21N5O/c1-14-5-4-6-16(13-14)20-18(25)15-8-11-23(12-9-15)19-22-21-17-7-2-3-10-24(17)19/h2-7,10,13,15H,8-9,11-12H2,1H3,(H,20,25). The van der Waals surface area contributed by atoms with Crippen LogP contribution in [-0.2, 0) is 4.79 Å². The Kier molecular flexibility index (Phi) is 4.09. The van der Waals surface area contributed by atoms with E-state index >= 15 is 0 Å². The van der Waals surface area contributed by atoms with Crippen LogP contribution in [0.3, 0.4) is 0 Å². The van der Waals surface area contributed by atoms with Gasteiger partial charge in [-0.25, -0.2) is 0 Å². The molecule has 25 heavy (non-hydrogen) atoms. The Hall–Kier alpha value is -2.89. The maximum Gasteiger partial charge on any atom is 0.231 e. The first kappa shape index (κ1) is 15.6. The molecule has 3 heterocycles. The predicted octanol–water partition coefficient (Wildman–Crippen LogP) is 2.89. The number of nitrogens with zero attached hydrogens (tertiary/aromatic N) is 4. The van der Waals surface area contributed by atoms with Gasteiger partial charge in [-0.05, 0) is 49.6 Å². The number of carbonyl (C=O) groups is 1. The molecule has 6 heteroatoms. The van der Waals surface area contributed by atoms with Crippen LogP contribution < -0.4 is 10.2 Å². The highest BCUT2D eigenvalue weighted by Gasteiger charge is 2.27. The lowest BCUT2D eigenvalue weighted by Gasteiger charge is -2.31. The number of fused-ring (bicyclic) bond motifs is 1. The molecule has 0 spiro atoms. The maximum atomic E-state index is 12.5. The number of aromatic nitrogens is 3. The summed E-state index contributed by atoms with van der Waals surface area (Å²) in [7, 11) is 0. The van der Waals surface area contributed by atoms with Gasteiger partial charge in [-0.2, -0.15) is 0 Å². The molecule has 1 N–H and O–H groups in total. The quantitative estimate of drug-likeness (QED) is 0.799. The number of rotatable bonds is 3. The molecule has 1 fully saturated rings. The van der Waals surface area contributed by atoms with E-state index in [9.17, 15) is 4.79 Å². The average Bonchev–Trinajstić information content (AvgIpc) is 3.06. The van der Waals surface area contributed by atoms with Crippen molar-refractivity contribution in [2.24, 2.45) is 5.92 Å². The number of amides is 1. The fraction of sp³-hybridized carbons (Fsp3) is 0.316. The van der Waals surface area contributed by atoms with Crippen LogP contribution in [0.15, 0.2) is 48.7 Å². The highest BCUT2D eigenvalue weighted by molar-refractivity contribution is 5.92. The number of anilines is 2. The molecule has 2 aromatic heterocycles. The van der Waals surface area contributed by atoms with Gasteiger partial charge in [0, 0.05) is 30.9 Å². The Morgan fingerprint density at radius 3 is 2.76 bits per heavy atom. The first-order valence-electron chi connectivity index (χ1n) is 8.63. The summed E-state index contributed by atoms with van der Waals surface area (Å²) in [6.07, 6.45) is 3.61. The van der Waals surface area contributed by atoms with Gasteiger partial charge in [-0.1, -0.05) is 18.2 Å². The van der Waals surface area contributed by atoms with E-state index in [1.165, 1.54) is 0 Å². The van der Waals surface area contributed by atoms with Crippen LogP contribution in [0.2, 0.25) is 0 Å². The summed E-state index contributed by atoms with van der Waals surface area (Å²) in [6, 6.07) is 13.8. The Morgan fingerprint density at radius 2 is 1.96 bits per heavy atom. The van der Waals surface area contributed by atoms with Gasteiger partial charge in [0.2, 0.25) is 11.9 Å². The fourth-order valence-corrected chi connectivity index (χ4v) is 3.35. The molecular formula is C19H21N5O. The van der Waals surface area contributed by atoms with Crippen molar-refractivity contribution in [2.75, 3.05) is 23.3 Å². The van der Waals surface area contributed by atoms with Gasteiger partial charge in [0.1, 0.15) is 0 Å². The monoisotopic (exact) mass is 335 g/mol. The van der Waals surface area contributed by atoms with Crippen molar-refractivity contribution in [3.63, 3.8) is 0 Å². The molecule has 1 amide bonds. The summed E-state index contributed by atoms with van der Waals surface area (Å²) in [4.78, 5) is 14.7. The average molecular weight is 335 g/mol. The van der Waals surface area contributed by atoms with Gasteiger partial charge in [-0.3, -0.25) is 9.20 Å². The fourth-order valence-electron chi connectivity index (χ4n) is 3.35. The topological polar surface area (TPSA) is 62.5 Å². The SMILES string of the molecule is Cc1cccc(NC(=O)C2CCN(c3nnc4ccccn34)CC2)c1. The minimum atomic E-state index is 0.0379. The van der Waals surface area contributed by atoms with E-state index in [2.05, 4.69) is 20.4 Å². The molecule has 3 aromatic rings. The summed E-state index contributed by atoms with van der Waals surface area (Å²) in [6.45, 7) is 3.64. The van der Waals surface area contributed by atoms with Gasteiger partial charge in [-0.15, -0.1) is 10.2 Å². The smallest absolute Gasteiger partial charge is 0.231 e. The zero-order valence-electron chi connectivity index (χ0n) is 14.2. The number of pyridine rings is 1. The van der Waals surface area contributed by atoms with E-state index < -0.39 is 0 Å². The summed E-state index contributed by atoms with van der Waals surface area (Å²) in [5.41, 5.74) is 2.86. The zero-order valence-corrected chi connectivity index (χ0v) is 14.2. The third-order valence-corrected chi connectivity index (χ3v) is 4.73. The normalized spacial score (nSPS) is 15.5. The number of benzene rings is 1. The van der Waals surface area contributed by atoms with E-state index in [-0.39, 0.29) is 11.8 Å². The molecule has 128 valence electrons. The summed E-state index contributed by atoms with van der Waals surface area (Å²) >= 11 is 0. The van der Waals surface area contributed by atoms with Gasteiger partial charge in [0.05, 0.1) is 0 Å². The lowest BCUT2D eigenvalue weighted by atomic mass is 9.96. The van der Waals surface area contributed by atoms with E-state index in [0.717, 1.165) is 48.8 Å². The van der Waals surface area contributed by atoms with E-state index in [1.54, 1.807) is 0 Å². The molecular weight excluding hydrogens is 314 g/mol.